The molecule has 6 heteroatoms. The van der Waals surface area contributed by atoms with Crippen LogP contribution in [0.2, 0.25) is 0 Å². The van der Waals surface area contributed by atoms with Crippen LogP contribution in [-0.4, -0.2) is 28.8 Å². The van der Waals surface area contributed by atoms with Crippen molar-refractivity contribution in [1.29, 1.82) is 0 Å². The lowest BCUT2D eigenvalue weighted by Gasteiger charge is -2.23. The Bertz CT molecular complexity index is 643. The van der Waals surface area contributed by atoms with Crippen LogP contribution in [0, 0.1) is 34.3 Å². The summed E-state index contributed by atoms with van der Waals surface area (Å²) in [5.74, 6) is 1.05. The highest BCUT2D eigenvalue weighted by Crippen LogP contribution is 2.62. The molecule has 21 heavy (non-hydrogen) atoms. The topological polar surface area (TPSA) is 63.5 Å². The third-order valence-corrected chi connectivity index (χ3v) is 6.00. The Hall–Kier alpha value is -1.43. The van der Waals surface area contributed by atoms with Crippen molar-refractivity contribution in [2.45, 2.75) is 20.8 Å². The smallest absolute Gasteiger partial charge is 0.271 e. The lowest BCUT2D eigenvalue weighted by Crippen LogP contribution is -2.33. The lowest BCUT2D eigenvalue weighted by atomic mass is 10.0. The molecule has 0 bridgehead atoms. The molecule has 1 aliphatic heterocycles. The van der Waals surface area contributed by atoms with Gasteiger partial charge in [-0.25, -0.2) is 0 Å². The van der Waals surface area contributed by atoms with E-state index in [0.29, 0.717) is 27.3 Å². The molecular formula is C15H17BrN2O3. The third kappa shape index (κ3) is 2.16. The van der Waals surface area contributed by atoms with Gasteiger partial charge in [0.15, 0.2) is 0 Å². The Kier molecular flexibility index (Phi) is 3.13. The van der Waals surface area contributed by atoms with Crippen molar-refractivity contribution in [3.8, 4) is 0 Å². The van der Waals surface area contributed by atoms with Crippen molar-refractivity contribution in [1.82, 2.24) is 4.90 Å². The van der Waals surface area contributed by atoms with Crippen molar-refractivity contribution in [2.24, 2.45) is 17.3 Å². The standard InChI is InChI=1S/C15H17BrN2O3/c1-8-10(4-9(18(20)21)5-13(8)16)14(19)17-6-11-12(7-17)15(11,2)3/h4-5,11-12H,6-7H2,1-3H3. The molecule has 1 saturated heterocycles. The molecule has 5 nitrogen and oxygen atoms in total. The summed E-state index contributed by atoms with van der Waals surface area (Å²) >= 11 is 3.31. The molecule has 1 amide bonds. The second kappa shape index (κ2) is 4.53. The normalized spacial score (nSPS) is 25.6. The highest BCUT2D eigenvalue weighted by Gasteiger charge is 2.62. The molecule has 1 heterocycles. The van der Waals surface area contributed by atoms with E-state index in [4.69, 9.17) is 0 Å². The van der Waals surface area contributed by atoms with E-state index in [1.165, 1.54) is 12.1 Å². The molecule has 112 valence electrons. The zero-order chi connectivity index (χ0) is 15.5. The molecule has 0 radical (unpaired) electrons. The number of carbonyl (C=O) groups excluding carboxylic acids is 1. The number of piperidine rings is 1. The third-order valence-electron chi connectivity index (χ3n) is 5.18. The molecule has 1 aromatic carbocycles. The van der Waals surface area contributed by atoms with Gasteiger partial charge in [-0.05, 0) is 29.7 Å². The first kappa shape index (κ1) is 14.5. The monoisotopic (exact) mass is 352 g/mol. The molecule has 3 rings (SSSR count). The molecule has 1 aliphatic carbocycles. The predicted octanol–water partition coefficient (Wildman–Crippen LogP) is 3.39. The fraction of sp³-hybridized carbons (Fsp3) is 0.533. The van der Waals surface area contributed by atoms with E-state index in [1.54, 1.807) is 0 Å². The van der Waals surface area contributed by atoms with Crippen molar-refractivity contribution >= 4 is 27.5 Å². The number of amides is 1. The van der Waals surface area contributed by atoms with Crippen LogP contribution in [0.25, 0.3) is 0 Å². The number of halogens is 1. The van der Waals surface area contributed by atoms with Crippen LogP contribution in [0.15, 0.2) is 16.6 Å². The SMILES string of the molecule is Cc1c(Br)cc([N+](=O)[O-])cc1C(=O)N1CC2C(C1)C2(C)C. The van der Waals surface area contributed by atoms with Gasteiger partial charge in [0.25, 0.3) is 11.6 Å². The Labute approximate surface area is 131 Å². The van der Waals surface area contributed by atoms with Gasteiger partial charge in [0, 0.05) is 29.7 Å². The molecule has 2 atom stereocenters. The molecule has 0 spiro atoms. The maximum absolute atomic E-state index is 12.7. The van der Waals surface area contributed by atoms with Crippen LogP contribution in [-0.2, 0) is 0 Å². The first-order valence-corrected chi connectivity index (χ1v) is 7.76. The average molecular weight is 353 g/mol. The highest BCUT2D eigenvalue weighted by atomic mass is 79.9. The Balaban J connectivity index is 1.87. The molecule has 2 unspecified atom stereocenters. The number of benzene rings is 1. The van der Waals surface area contributed by atoms with Crippen molar-refractivity contribution in [2.75, 3.05) is 13.1 Å². The van der Waals surface area contributed by atoms with E-state index in [1.807, 2.05) is 11.8 Å². The van der Waals surface area contributed by atoms with Crippen LogP contribution in [0.1, 0.15) is 29.8 Å². The minimum atomic E-state index is -0.467. The second-order valence-electron chi connectivity index (χ2n) is 6.60. The van der Waals surface area contributed by atoms with E-state index in [9.17, 15) is 14.9 Å². The average Bonchev–Trinajstić information content (AvgIpc) is 2.81. The number of hydrogen-bond donors (Lipinski definition) is 0. The second-order valence-corrected chi connectivity index (χ2v) is 7.46. The van der Waals surface area contributed by atoms with Gasteiger partial charge < -0.3 is 4.90 Å². The number of carbonyl (C=O) groups is 1. The molecule has 2 aliphatic rings. The Morgan fingerprint density at radius 1 is 1.38 bits per heavy atom. The molecule has 0 N–H and O–H groups in total. The quantitative estimate of drug-likeness (QED) is 0.605. The van der Waals surface area contributed by atoms with E-state index < -0.39 is 4.92 Å². The van der Waals surface area contributed by atoms with Gasteiger partial charge in [-0.2, -0.15) is 0 Å². The Morgan fingerprint density at radius 3 is 2.48 bits per heavy atom. The molecule has 2 fully saturated rings. The summed E-state index contributed by atoms with van der Waals surface area (Å²) in [5, 5.41) is 11.0. The number of rotatable bonds is 2. The summed E-state index contributed by atoms with van der Waals surface area (Å²) < 4.78 is 0.602. The number of likely N-dealkylation sites (tertiary alicyclic amines) is 1. The zero-order valence-corrected chi connectivity index (χ0v) is 13.8. The first-order valence-electron chi connectivity index (χ1n) is 6.97. The predicted molar refractivity (Wildman–Crippen MR) is 82.2 cm³/mol. The maximum atomic E-state index is 12.7. The zero-order valence-electron chi connectivity index (χ0n) is 12.2. The molecule has 1 saturated carbocycles. The van der Waals surface area contributed by atoms with Crippen LogP contribution < -0.4 is 0 Å². The maximum Gasteiger partial charge on any atom is 0.271 e. The summed E-state index contributed by atoms with van der Waals surface area (Å²) in [6.45, 7) is 7.80. The number of nitro groups is 1. The van der Waals surface area contributed by atoms with E-state index >= 15 is 0 Å². The number of hydrogen-bond acceptors (Lipinski definition) is 3. The summed E-state index contributed by atoms with van der Waals surface area (Å²) in [4.78, 5) is 25.0. The summed E-state index contributed by atoms with van der Waals surface area (Å²) in [6, 6.07) is 2.83. The summed E-state index contributed by atoms with van der Waals surface area (Å²) in [7, 11) is 0. The summed E-state index contributed by atoms with van der Waals surface area (Å²) in [5.41, 5.74) is 1.47. The fourth-order valence-electron chi connectivity index (χ4n) is 3.46. The minimum absolute atomic E-state index is 0.0551. The van der Waals surface area contributed by atoms with Gasteiger partial charge in [0.2, 0.25) is 0 Å². The van der Waals surface area contributed by atoms with Crippen molar-refractivity contribution < 1.29 is 9.72 Å². The fourth-order valence-corrected chi connectivity index (χ4v) is 3.91. The van der Waals surface area contributed by atoms with Crippen LogP contribution in [0.3, 0.4) is 0 Å². The van der Waals surface area contributed by atoms with Gasteiger partial charge in [-0.15, -0.1) is 0 Å². The van der Waals surface area contributed by atoms with Crippen LogP contribution in [0.4, 0.5) is 5.69 Å². The van der Waals surface area contributed by atoms with Gasteiger partial charge in [0.05, 0.1) is 10.5 Å². The minimum Gasteiger partial charge on any atom is -0.338 e. The van der Waals surface area contributed by atoms with Crippen LogP contribution in [0.5, 0.6) is 0 Å². The lowest BCUT2D eigenvalue weighted by molar-refractivity contribution is -0.385. The van der Waals surface area contributed by atoms with Crippen LogP contribution >= 0.6 is 15.9 Å². The van der Waals surface area contributed by atoms with E-state index in [-0.39, 0.29) is 11.6 Å². The van der Waals surface area contributed by atoms with Gasteiger partial charge >= 0.3 is 0 Å². The Morgan fingerprint density at radius 2 is 1.95 bits per heavy atom. The van der Waals surface area contributed by atoms with Crippen molar-refractivity contribution in [3.63, 3.8) is 0 Å². The van der Waals surface area contributed by atoms with Gasteiger partial charge in [0.1, 0.15) is 0 Å². The van der Waals surface area contributed by atoms with Crippen molar-refractivity contribution in [3.05, 3.63) is 37.8 Å². The van der Waals surface area contributed by atoms with E-state index in [0.717, 1.165) is 18.7 Å². The molecule has 1 aromatic rings. The van der Waals surface area contributed by atoms with E-state index in [2.05, 4.69) is 29.8 Å². The van der Waals surface area contributed by atoms with Gasteiger partial charge in [-0.1, -0.05) is 29.8 Å². The molecular weight excluding hydrogens is 336 g/mol. The highest BCUT2D eigenvalue weighted by molar-refractivity contribution is 9.10. The number of fused-ring (bicyclic) bond motifs is 1. The number of nitrogens with zero attached hydrogens (tertiary/aromatic N) is 2. The largest absolute Gasteiger partial charge is 0.338 e. The van der Waals surface area contributed by atoms with Gasteiger partial charge in [-0.3, -0.25) is 14.9 Å². The number of non-ortho nitro benzene ring substituents is 1. The first-order chi connectivity index (χ1) is 9.73. The summed E-state index contributed by atoms with van der Waals surface area (Å²) in [6.07, 6.45) is 0. The number of nitro benzene ring substituents is 1. The molecule has 0 aromatic heterocycles.